The predicted molar refractivity (Wildman–Crippen MR) is 59.7 cm³/mol. The minimum Gasteiger partial charge on any atom is -0.392 e. The Bertz CT molecular complexity index is 436. The number of aliphatic hydroxyl groups is 1. The maximum Gasteiger partial charge on any atom is 0.0681 e. The van der Waals surface area contributed by atoms with Crippen molar-refractivity contribution in [3.63, 3.8) is 0 Å². The molecule has 0 amide bonds. The molecule has 0 radical (unpaired) electrons. The van der Waals surface area contributed by atoms with E-state index >= 15 is 0 Å². The topological polar surface area (TPSA) is 38.0 Å². The highest BCUT2D eigenvalue weighted by Gasteiger charge is 1.99. The van der Waals surface area contributed by atoms with Gasteiger partial charge in [0.15, 0.2) is 0 Å². The van der Waals surface area contributed by atoms with Crippen LogP contribution in [0.3, 0.4) is 0 Å². The molecule has 1 aromatic carbocycles. The smallest absolute Gasteiger partial charge is 0.0681 e. The van der Waals surface area contributed by atoms with Gasteiger partial charge in [0.05, 0.1) is 17.7 Å². The Morgan fingerprint density at radius 1 is 1.27 bits per heavy atom. The van der Waals surface area contributed by atoms with Crippen LogP contribution in [-0.2, 0) is 13.7 Å². The fourth-order valence-corrected chi connectivity index (χ4v) is 2.10. The summed E-state index contributed by atoms with van der Waals surface area (Å²) in [5.41, 5.74) is 0.936. The number of hydrogen-bond donors (Lipinski definition) is 1. The molecule has 0 saturated heterocycles. The number of benzene rings is 1. The molecule has 0 saturated carbocycles. The van der Waals surface area contributed by atoms with Crippen LogP contribution in [0.1, 0.15) is 5.56 Å². The second kappa shape index (κ2) is 4.51. The van der Waals surface area contributed by atoms with Crippen LogP contribution in [0.2, 0.25) is 0 Å². The Morgan fingerprint density at radius 2 is 2.00 bits per heavy atom. The molecule has 0 atom stereocenters. The first-order chi connectivity index (χ1) is 7.28. The van der Waals surface area contributed by atoms with Gasteiger partial charge in [0, 0.05) is 18.1 Å². The minimum absolute atomic E-state index is 0.0951. The molecule has 0 bridgehead atoms. The predicted octanol–water partition coefficient (Wildman–Crippen LogP) is 2.06. The number of nitrogens with zero attached hydrogens (tertiary/aromatic N) is 2. The lowest BCUT2D eigenvalue weighted by Gasteiger charge is -1.99. The molecule has 78 valence electrons. The van der Waals surface area contributed by atoms with Gasteiger partial charge in [0.1, 0.15) is 0 Å². The Labute approximate surface area is 92.7 Å². The number of aryl methyl sites for hydroxylation is 1. The first kappa shape index (κ1) is 10.3. The summed E-state index contributed by atoms with van der Waals surface area (Å²) in [5, 5.41) is 13.0. The second-order valence-corrected chi connectivity index (χ2v) is 4.40. The maximum atomic E-state index is 8.90. The lowest BCUT2D eigenvalue weighted by Crippen LogP contribution is -1.84. The van der Waals surface area contributed by atoms with Crippen LogP contribution < -0.4 is 0 Å². The zero-order valence-electron chi connectivity index (χ0n) is 8.42. The normalized spacial score (nSPS) is 10.5. The van der Waals surface area contributed by atoms with E-state index in [1.54, 1.807) is 16.4 Å². The van der Waals surface area contributed by atoms with Crippen molar-refractivity contribution in [2.45, 2.75) is 16.4 Å². The molecule has 0 unspecified atom stereocenters. The Hall–Kier alpha value is -1.26. The first-order valence-corrected chi connectivity index (χ1v) is 5.46. The van der Waals surface area contributed by atoms with E-state index in [1.165, 1.54) is 0 Å². The van der Waals surface area contributed by atoms with E-state index in [-0.39, 0.29) is 6.61 Å². The summed E-state index contributed by atoms with van der Waals surface area (Å²) in [6, 6.07) is 7.86. The van der Waals surface area contributed by atoms with E-state index in [4.69, 9.17) is 5.11 Å². The quantitative estimate of drug-likeness (QED) is 0.860. The molecule has 3 nitrogen and oxygen atoms in total. The molecule has 0 fully saturated rings. The second-order valence-electron chi connectivity index (χ2n) is 3.25. The zero-order chi connectivity index (χ0) is 10.7. The van der Waals surface area contributed by atoms with Crippen molar-refractivity contribution in [3.05, 3.63) is 42.2 Å². The minimum atomic E-state index is 0.0951. The van der Waals surface area contributed by atoms with Crippen molar-refractivity contribution in [2.75, 3.05) is 0 Å². The highest BCUT2D eigenvalue weighted by Crippen LogP contribution is 2.26. The monoisotopic (exact) mass is 220 g/mol. The summed E-state index contributed by atoms with van der Waals surface area (Å²) in [6.07, 6.45) is 3.81. The van der Waals surface area contributed by atoms with E-state index in [2.05, 4.69) is 5.10 Å². The van der Waals surface area contributed by atoms with Crippen LogP contribution in [0, 0.1) is 0 Å². The zero-order valence-corrected chi connectivity index (χ0v) is 9.24. The SMILES string of the molecule is Cn1cc(Sc2ccc(CO)cc2)cn1. The molecule has 1 N–H and O–H groups in total. The van der Waals surface area contributed by atoms with E-state index in [0.717, 1.165) is 15.4 Å². The fourth-order valence-electron chi connectivity index (χ4n) is 1.25. The Balaban J connectivity index is 2.11. The van der Waals surface area contributed by atoms with E-state index in [9.17, 15) is 0 Å². The van der Waals surface area contributed by atoms with Gasteiger partial charge in [-0.1, -0.05) is 23.9 Å². The molecular formula is C11H12N2OS. The van der Waals surface area contributed by atoms with E-state index < -0.39 is 0 Å². The van der Waals surface area contributed by atoms with Crippen molar-refractivity contribution in [2.24, 2.45) is 7.05 Å². The molecule has 0 aliphatic heterocycles. The lowest BCUT2D eigenvalue weighted by molar-refractivity contribution is 0.282. The Kier molecular flexibility index (Phi) is 3.08. The van der Waals surface area contributed by atoms with Gasteiger partial charge in [0.25, 0.3) is 0 Å². The van der Waals surface area contributed by atoms with Gasteiger partial charge in [-0.15, -0.1) is 0 Å². The standard InChI is InChI=1S/C11H12N2OS/c1-13-7-11(6-12-13)15-10-4-2-9(8-14)3-5-10/h2-7,14H,8H2,1H3. The third kappa shape index (κ3) is 2.61. The van der Waals surface area contributed by atoms with Crippen molar-refractivity contribution in [1.82, 2.24) is 9.78 Å². The number of hydrogen-bond acceptors (Lipinski definition) is 3. The van der Waals surface area contributed by atoms with Gasteiger partial charge in [0.2, 0.25) is 0 Å². The van der Waals surface area contributed by atoms with Crippen LogP contribution >= 0.6 is 11.8 Å². The summed E-state index contributed by atoms with van der Waals surface area (Å²) in [7, 11) is 1.90. The van der Waals surface area contributed by atoms with Gasteiger partial charge in [-0.05, 0) is 17.7 Å². The van der Waals surface area contributed by atoms with Crippen molar-refractivity contribution in [1.29, 1.82) is 0 Å². The molecule has 4 heteroatoms. The fraction of sp³-hybridized carbons (Fsp3) is 0.182. The lowest BCUT2D eigenvalue weighted by atomic mass is 10.2. The van der Waals surface area contributed by atoms with Gasteiger partial charge < -0.3 is 5.11 Å². The van der Waals surface area contributed by atoms with Crippen LogP contribution in [0.5, 0.6) is 0 Å². The average Bonchev–Trinajstić information content (AvgIpc) is 2.65. The summed E-state index contributed by atoms with van der Waals surface area (Å²) in [6.45, 7) is 0.0951. The summed E-state index contributed by atoms with van der Waals surface area (Å²) < 4.78 is 1.78. The number of aliphatic hydroxyl groups excluding tert-OH is 1. The van der Waals surface area contributed by atoms with Gasteiger partial charge >= 0.3 is 0 Å². The molecular weight excluding hydrogens is 208 g/mol. The number of aromatic nitrogens is 2. The van der Waals surface area contributed by atoms with E-state index in [0.29, 0.717) is 0 Å². The van der Waals surface area contributed by atoms with Crippen molar-refractivity contribution >= 4 is 11.8 Å². The average molecular weight is 220 g/mol. The maximum absolute atomic E-state index is 8.90. The molecule has 0 aliphatic rings. The summed E-state index contributed by atoms with van der Waals surface area (Å²) >= 11 is 1.66. The molecule has 0 aliphatic carbocycles. The van der Waals surface area contributed by atoms with Gasteiger partial charge in [-0.2, -0.15) is 5.10 Å². The Morgan fingerprint density at radius 3 is 2.53 bits per heavy atom. The third-order valence-corrected chi connectivity index (χ3v) is 2.98. The molecule has 15 heavy (non-hydrogen) atoms. The van der Waals surface area contributed by atoms with Gasteiger partial charge in [-0.3, -0.25) is 4.68 Å². The van der Waals surface area contributed by atoms with Crippen LogP contribution in [0.4, 0.5) is 0 Å². The van der Waals surface area contributed by atoms with Gasteiger partial charge in [-0.25, -0.2) is 0 Å². The largest absolute Gasteiger partial charge is 0.392 e. The highest BCUT2D eigenvalue weighted by atomic mass is 32.2. The molecule has 2 rings (SSSR count). The number of rotatable bonds is 3. The van der Waals surface area contributed by atoms with Crippen molar-refractivity contribution < 1.29 is 5.11 Å². The van der Waals surface area contributed by atoms with Crippen molar-refractivity contribution in [3.8, 4) is 0 Å². The molecule has 1 heterocycles. The van der Waals surface area contributed by atoms with Crippen LogP contribution in [-0.4, -0.2) is 14.9 Å². The summed E-state index contributed by atoms with van der Waals surface area (Å²) in [5.74, 6) is 0. The molecule has 1 aromatic heterocycles. The van der Waals surface area contributed by atoms with Crippen LogP contribution in [0.25, 0.3) is 0 Å². The molecule has 2 aromatic rings. The van der Waals surface area contributed by atoms with Crippen LogP contribution in [0.15, 0.2) is 46.5 Å². The molecule has 0 spiro atoms. The summed E-state index contributed by atoms with van der Waals surface area (Å²) in [4.78, 5) is 2.27. The highest BCUT2D eigenvalue weighted by molar-refractivity contribution is 7.99. The first-order valence-electron chi connectivity index (χ1n) is 4.64. The third-order valence-electron chi connectivity index (χ3n) is 2.02. The van der Waals surface area contributed by atoms with E-state index in [1.807, 2.05) is 43.7 Å².